The Morgan fingerprint density at radius 3 is 2.47 bits per heavy atom. The van der Waals surface area contributed by atoms with Gasteiger partial charge < -0.3 is 10.6 Å². The summed E-state index contributed by atoms with van der Waals surface area (Å²) in [6, 6.07) is 1.69. The lowest BCUT2D eigenvalue weighted by Crippen LogP contribution is -2.40. The van der Waals surface area contributed by atoms with Gasteiger partial charge in [-0.2, -0.15) is 0 Å². The van der Waals surface area contributed by atoms with E-state index < -0.39 is 11.6 Å². The van der Waals surface area contributed by atoms with Crippen LogP contribution in [0, 0.1) is 17.6 Å². The molecule has 0 bridgehead atoms. The van der Waals surface area contributed by atoms with Gasteiger partial charge in [-0.05, 0) is 37.4 Å². The molecule has 1 amide bonds. The Morgan fingerprint density at radius 2 is 1.89 bits per heavy atom. The first-order valence-electron chi connectivity index (χ1n) is 6.16. The van der Waals surface area contributed by atoms with Crippen molar-refractivity contribution in [3.8, 4) is 0 Å². The Balaban J connectivity index is 2.14. The molecule has 1 saturated heterocycles. The van der Waals surface area contributed by atoms with Crippen molar-refractivity contribution in [2.45, 2.75) is 12.8 Å². The summed E-state index contributed by atoms with van der Waals surface area (Å²) in [6.07, 6.45) is 1.65. The maximum Gasteiger partial charge on any atom is 0.255 e. The number of carbonyl (C=O) groups is 1. The highest BCUT2D eigenvalue weighted by molar-refractivity contribution is 6.33. The minimum atomic E-state index is -1.07. The van der Waals surface area contributed by atoms with Gasteiger partial charge in [-0.1, -0.05) is 11.6 Å². The lowest BCUT2D eigenvalue weighted by Gasteiger charge is -2.31. The smallest absolute Gasteiger partial charge is 0.255 e. The molecule has 19 heavy (non-hydrogen) atoms. The number of likely N-dealkylation sites (tertiary alicyclic amines) is 1. The van der Waals surface area contributed by atoms with E-state index in [0.29, 0.717) is 25.6 Å². The summed E-state index contributed by atoms with van der Waals surface area (Å²) in [7, 11) is 0. The molecule has 1 aliphatic rings. The van der Waals surface area contributed by atoms with Gasteiger partial charge in [0.25, 0.3) is 5.91 Å². The summed E-state index contributed by atoms with van der Waals surface area (Å²) in [5.74, 6) is -2.06. The molecule has 0 saturated carbocycles. The summed E-state index contributed by atoms with van der Waals surface area (Å²) in [6.45, 7) is 1.74. The zero-order chi connectivity index (χ0) is 14.0. The largest absolute Gasteiger partial charge is 0.339 e. The summed E-state index contributed by atoms with van der Waals surface area (Å²) >= 11 is 5.80. The second kappa shape index (κ2) is 5.84. The molecule has 0 aromatic heterocycles. The Hall–Kier alpha value is -1.20. The molecule has 6 heteroatoms. The first-order chi connectivity index (χ1) is 9.02. The van der Waals surface area contributed by atoms with Gasteiger partial charge in [-0.15, -0.1) is 0 Å². The van der Waals surface area contributed by atoms with E-state index in [1.165, 1.54) is 0 Å². The number of hydrogen-bond acceptors (Lipinski definition) is 2. The standard InChI is InChI=1S/C13H15ClF2N2O/c14-10-6-12(16)11(15)5-9(10)13(19)18-3-1-8(7-17)2-4-18/h5-6,8H,1-4,7,17H2. The van der Waals surface area contributed by atoms with E-state index in [1.807, 2.05) is 0 Å². The predicted octanol–water partition coefficient (Wildman–Crippen LogP) is 2.43. The van der Waals surface area contributed by atoms with E-state index in [0.717, 1.165) is 25.0 Å². The first-order valence-corrected chi connectivity index (χ1v) is 6.54. The van der Waals surface area contributed by atoms with Gasteiger partial charge >= 0.3 is 0 Å². The molecule has 0 aliphatic carbocycles. The molecule has 0 spiro atoms. The van der Waals surface area contributed by atoms with Crippen LogP contribution in [0.15, 0.2) is 12.1 Å². The van der Waals surface area contributed by atoms with Gasteiger partial charge in [0, 0.05) is 13.1 Å². The van der Waals surface area contributed by atoms with E-state index >= 15 is 0 Å². The number of benzene rings is 1. The van der Waals surface area contributed by atoms with Gasteiger partial charge in [-0.25, -0.2) is 8.78 Å². The van der Waals surface area contributed by atoms with Crippen LogP contribution in [0.1, 0.15) is 23.2 Å². The number of piperidine rings is 1. The third kappa shape index (κ3) is 3.04. The highest BCUT2D eigenvalue weighted by Crippen LogP contribution is 2.24. The summed E-state index contributed by atoms with van der Waals surface area (Å²) < 4.78 is 26.1. The highest BCUT2D eigenvalue weighted by atomic mass is 35.5. The fourth-order valence-electron chi connectivity index (χ4n) is 2.23. The van der Waals surface area contributed by atoms with Crippen LogP contribution in [0.3, 0.4) is 0 Å². The van der Waals surface area contributed by atoms with Crippen molar-refractivity contribution in [3.63, 3.8) is 0 Å². The van der Waals surface area contributed by atoms with Crippen LogP contribution in [-0.2, 0) is 0 Å². The van der Waals surface area contributed by atoms with E-state index in [2.05, 4.69) is 0 Å². The molecule has 0 radical (unpaired) electrons. The second-order valence-corrected chi connectivity index (χ2v) is 5.12. The number of carbonyl (C=O) groups excluding carboxylic acids is 1. The Bertz CT molecular complexity index is 488. The lowest BCUT2D eigenvalue weighted by molar-refractivity contribution is 0.0693. The van der Waals surface area contributed by atoms with Gasteiger partial charge in [0.15, 0.2) is 11.6 Å². The van der Waals surface area contributed by atoms with Crippen LogP contribution in [0.4, 0.5) is 8.78 Å². The molecule has 1 aromatic rings. The first kappa shape index (κ1) is 14.2. The normalized spacial score (nSPS) is 16.7. The molecule has 1 fully saturated rings. The molecule has 1 aromatic carbocycles. The summed E-state index contributed by atoms with van der Waals surface area (Å²) in [5, 5.41) is -0.0650. The van der Waals surface area contributed by atoms with Crippen LogP contribution in [-0.4, -0.2) is 30.4 Å². The van der Waals surface area contributed by atoms with Crippen LogP contribution in [0.5, 0.6) is 0 Å². The van der Waals surface area contributed by atoms with Crippen molar-refractivity contribution in [3.05, 3.63) is 34.4 Å². The number of halogens is 3. The molecule has 104 valence electrons. The number of rotatable bonds is 2. The quantitative estimate of drug-likeness (QED) is 0.850. The maximum absolute atomic E-state index is 13.2. The number of hydrogen-bond donors (Lipinski definition) is 1. The van der Waals surface area contributed by atoms with Crippen molar-refractivity contribution in [2.75, 3.05) is 19.6 Å². The average molecular weight is 289 g/mol. The topological polar surface area (TPSA) is 46.3 Å². The number of nitrogens with two attached hydrogens (primary N) is 1. The maximum atomic E-state index is 13.2. The third-order valence-corrected chi connectivity index (χ3v) is 3.79. The van der Waals surface area contributed by atoms with Gasteiger partial charge in [0.1, 0.15) is 0 Å². The second-order valence-electron chi connectivity index (χ2n) is 4.72. The molecular weight excluding hydrogens is 274 g/mol. The molecule has 0 atom stereocenters. The third-order valence-electron chi connectivity index (χ3n) is 3.48. The SMILES string of the molecule is NCC1CCN(C(=O)c2cc(F)c(F)cc2Cl)CC1. The van der Waals surface area contributed by atoms with Gasteiger partial charge in [-0.3, -0.25) is 4.79 Å². The molecule has 2 rings (SSSR count). The molecule has 3 nitrogen and oxygen atoms in total. The summed E-state index contributed by atoms with van der Waals surface area (Å²) in [5.41, 5.74) is 5.59. The Labute approximate surface area is 115 Å². The fraction of sp³-hybridized carbons (Fsp3) is 0.462. The van der Waals surface area contributed by atoms with E-state index in [4.69, 9.17) is 17.3 Å². The van der Waals surface area contributed by atoms with Crippen molar-refractivity contribution in [2.24, 2.45) is 11.7 Å². The zero-order valence-corrected chi connectivity index (χ0v) is 11.1. The van der Waals surface area contributed by atoms with Crippen molar-refractivity contribution in [1.29, 1.82) is 0 Å². The minimum Gasteiger partial charge on any atom is -0.339 e. The van der Waals surface area contributed by atoms with Gasteiger partial charge in [0.05, 0.1) is 10.6 Å². The average Bonchev–Trinajstić information content (AvgIpc) is 2.42. The number of nitrogens with zero attached hydrogens (tertiary/aromatic N) is 1. The van der Waals surface area contributed by atoms with E-state index in [-0.39, 0.29) is 16.5 Å². The molecule has 0 unspecified atom stereocenters. The Kier molecular flexibility index (Phi) is 4.37. The molecule has 2 N–H and O–H groups in total. The predicted molar refractivity (Wildman–Crippen MR) is 69.0 cm³/mol. The minimum absolute atomic E-state index is 0.00626. The van der Waals surface area contributed by atoms with Crippen molar-refractivity contribution < 1.29 is 13.6 Å². The summed E-state index contributed by atoms with van der Waals surface area (Å²) in [4.78, 5) is 13.8. The van der Waals surface area contributed by atoms with Crippen LogP contribution in [0.25, 0.3) is 0 Å². The number of amides is 1. The van der Waals surface area contributed by atoms with E-state index in [9.17, 15) is 13.6 Å². The fourth-order valence-corrected chi connectivity index (χ4v) is 2.46. The van der Waals surface area contributed by atoms with Crippen LogP contribution in [0.2, 0.25) is 5.02 Å². The van der Waals surface area contributed by atoms with E-state index in [1.54, 1.807) is 4.90 Å². The lowest BCUT2D eigenvalue weighted by atomic mass is 9.96. The zero-order valence-electron chi connectivity index (χ0n) is 10.3. The Morgan fingerprint density at radius 1 is 1.32 bits per heavy atom. The molecule has 1 aliphatic heterocycles. The monoisotopic (exact) mass is 288 g/mol. The van der Waals surface area contributed by atoms with Crippen molar-refractivity contribution >= 4 is 17.5 Å². The van der Waals surface area contributed by atoms with Gasteiger partial charge in [0.2, 0.25) is 0 Å². The van der Waals surface area contributed by atoms with Crippen LogP contribution < -0.4 is 5.73 Å². The van der Waals surface area contributed by atoms with Crippen LogP contribution >= 0.6 is 11.6 Å². The van der Waals surface area contributed by atoms with Crippen molar-refractivity contribution in [1.82, 2.24) is 4.90 Å². The molecular formula is C13H15ClF2N2O. The highest BCUT2D eigenvalue weighted by Gasteiger charge is 2.25. The molecule has 1 heterocycles.